The molecule has 126 valence electrons. The largest absolute Gasteiger partial charge is 0.378 e. The molecule has 0 amide bonds. The summed E-state index contributed by atoms with van der Waals surface area (Å²) in [5.74, 6) is 2.97. The lowest BCUT2D eigenvalue weighted by molar-refractivity contribution is 0.122. The van der Waals surface area contributed by atoms with Crippen molar-refractivity contribution in [2.45, 2.75) is 24.3 Å². The van der Waals surface area contributed by atoms with Crippen molar-refractivity contribution in [2.75, 3.05) is 42.3 Å². The van der Waals surface area contributed by atoms with E-state index in [0.717, 1.165) is 56.8 Å². The molecule has 4 rings (SSSR count). The molecule has 1 aromatic carbocycles. The molecule has 0 bridgehead atoms. The number of hydrogen-bond donors (Lipinski definition) is 1. The van der Waals surface area contributed by atoms with E-state index in [1.54, 1.807) is 0 Å². The summed E-state index contributed by atoms with van der Waals surface area (Å²) in [7, 11) is 0. The number of anilines is 2. The first-order chi connectivity index (χ1) is 11.9. The molecule has 5 nitrogen and oxygen atoms in total. The highest BCUT2D eigenvalue weighted by atomic mass is 32.2. The van der Waals surface area contributed by atoms with Gasteiger partial charge in [0.05, 0.1) is 23.8 Å². The van der Waals surface area contributed by atoms with Crippen LogP contribution in [-0.4, -0.2) is 42.0 Å². The number of morpholine rings is 1. The van der Waals surface area contributed by atoms with Crippen LogP contribution in [0.2, 0.25) is 0 Å². The van der Waals surface area contributed by atoms with Crippen molar-refractivity contribution >= 4 is 23.5 Å². The Balaban J connectivity index is 1.60. The average Bonchev–Trinajstić information content (AvgIpc) is 2.67. The van der Waals surface area contributed by atoms with Crippen molar-refractivity contribution in [3.8, 4) is 0 Å². The standard InChI is InChI=1S/C18H22N4OS/c1-2-5-14(6-3-1)13-19-17-16-15(7-4-12-24-16)20-18(21-17)22-8-10-23-11-9-22/h1-3,5-6H,4,7-13H2,(H,19,20,21). The van der Waals surface area contributed by atoms with Crippen LogP contribution in [0.25, 0.3) is 0 Å². The van der Waals surface area contributed by atoms with Gasteiger partial charge in [0, 0.05) is 19.6 Å². The molecule has 0 radical (unpaired) electrons. The molecule has 1 fully saturated rings. The highest BCUT2D eigenvalue weighted by Gasteiger charge is 2.22. The summed E-state index contributed by atoms with van der Waals surface area (Å²) >= 11 is 1.88. The Bertz CT molecular complexity index is 689. The lowest BCUT2D eigenvalue weighted by atomic mass is 10.2. The Hall–Kier alpha value is -1.79. The van der Waals surface area contributed by atoms with Gasteiger partial charge in [-0.1, -0.05) is 30.3 Å². The summed E-state index contributed by atoms with van der Waals surface area (Å²) in [5.41, 5.74) is 2.46. The zero-order chi connectivity index (χ0) is 16.2. The second-order valence-corrected chi connectivity index (χ2v) is 7.14. The number of nitrogens with one attached hydrogen (secondary N) is 1. The average molecular weight is 342 g/mol. The van der Waals surface area contributed by atoms with Gasteiger partial charge in [-0.2, -0.15) is 4.98 Å². The van der Waals surface area contributed by atoms with E-state index in [2.05, 4.69) is 34.5 Å². The smallest absolute Gasteiger partial charge is 0.227 e. The molecule has 0 unspecified atom stereocenters. The van der Waals surface area contributed by atoms with Crippen molar-refractivity contribution in [1.29, 1.82) is 0 Å². The van der Waals surface area contributed by atoms with Crippen LogP contribution >= 0.6 is 11.8 Å². The molecule has 0 saturated carbocycles. The minimum absolute atomic E-state index is 0.752. The molecule has 2 aliphatic rings. The molecule has 0 spiro atoms. The van der Waals surface area contributed by atoms with E-state index < -0.39 is 0 Å². The van der Waals surface area contributed by atoms with E-state index >= 15 is 0 Å². The third-order valence-electron chi connectivity index (χ3n) is 4.32. The number of nitrogens with zero attached hydrogens (tertiary/aromatic N) is 3. The van der Waals surface area contributed by atoms with Crippen molar-refractivity contribution in [1.82, 2.24) is 9.97 Å². The van der Waals surface area contributed by atoms with E-state index in [-0.39, 0.29) is 0 Å². The first-order valence-corrected chi connectivity index (χ1v) is 9.53. The summed E-state index contributed by atoms with van der Waals surface area (Å²) in [6, 6.07) is 10.5. The Morgan fingerprint density at radius 2 is 1.96 bits per heavy atom. The fourth-order valence-corrected chi connectivity index (χ4v) is 4.09. The van der Waals surface area contributed by atoms with Gasteiger partial charge in [0.1, 0.15) is 5.82 Å². The van der Waals surface area contributed by atoms with Gasteiger partial charge in [-0.05, 0) is 24.2 Å². The highest BCUT2D eigenvalue weighted by molar-refractivity contribution is 7.99. The Kier molecular flexibility index (Phi) is 4.85. The molecule has 6 heteroatoms. The Morgan fingerprint density at radius 3 is 2.79 bits per heavy atom. The maximum Gasteiger partial charge on any atom is 0.227 e. The summed E-state index contributed by atoms with van der Waals surface area (Å²) in [6.45, 7) is 4.02. The number of ether oxygens (including phenoxy) is 1. The van der Waals surface area contributed by atoms with Gasteiger partial charge >= 0.3 is 0 Å². The maximum absolute atomic E-state index is 5.45. The Labute approximate surface area is 146 Å². The van der Waals surface area contributed by atoms with E-state index in [0.29, 0.717) is 0 Å². The quantitative estimate of drug-likeness (QED) is 0.922. The Morgan fingerprint density at radius 1 is 1.12 bits per heavy atom. The summed E-state index contributed by atoms with van der Waals surface area (Å²) < 4.78 is 5.45. The van der Waals surface area contributed by atoms with Crippen molar-refractivity contribution in [2.24, 2.45) is 0 Å². The topological polar surface area (TPSA) is 50.3 Å². The minimum atomic E-state index is 0.752. The lowest BCUT2D eigenvalue weighted by Crippen LogP contribution is -2.37. The third kappa shape index (κ3) is 3.49. The van der Waals surface area contributed by atoms with E-state index in [4.69, 9.17) is 14.7 Å². The number of aryl methyl sites for hydroxylation is 1. The van der Waals surface area contributed by atoms with Gasteiger partial charge in [0.25, 0.3) is 0 Å². The molecular weight excluding hydrogens is 320 g/mol. The first-order valence-electron chi connectivity index (χ1n) is 8.54. The van der Waals surface area contributed by atoms with Crippen LogP contribution in [0.4, 0.5) is 11.8 Å². The number of fused-ring (bicyclic) bond motifs is 1. The second kappa shape index (κ2) is 7.40. The first kappa shape index (κ1) is 15.7. The van der Waals surface area contributed by atoms with Crippen LogP contribution in [0, 0.1) is 0 Å². The number of hydrogen-bond acceptors (Lipinski definition) is 6. The van der Waals surface area contributed by atoms with Gasteiger partial charge in [-0.15, -0.1) is 11.8 Å². The molecule has 24 heavy (non-hydrogen) atoms. The number of thioether (sulfide) groups is 1. The molecule has 1 saturated heterocycles. The molecule has 1 N–H and O–H groups in total. The second-order valence-electron chi connectivity index (χ2n) is 6.04. The normalized spacial score (nSPS) is 17.4. The molecule has 2 aromatic rings. The molecule has 3 heterocycles. The fourth-order valence-electron chi connectivity index (χ4n) is 3.03. The van der Waals surface area contributed by atoms with Crippen molar-refractivity contribution in [3.63, 3.8) is 0 Å². The van der Waals surface area contributed by atoms with Gasteiger partial charge in [-0.3, -0.25) is 0 Å². The summed E-state index contributed by atoms with van der Waals surface area (Å²) in [5, 5.41) is 3.54. The van der Waals surface area contributed by atoms with E-state index in [9.17, 15) is 0 Å². The zero-order valence-corrected chi connectivity index (χ0v) is 14.5. The fraction of sp³-hybridized carbons (Fsp3) is 0.444. The highest BCUT2D eigenvalue weighted by Crippen LogP contribution is 2.35. The number of rotatable bonds is 4. The summed E-state index contributed by atoms with van der Waals surface area (Å²) in [6.07, 6.45) is 2.23. The van der Waals surface area contributed by atoms with Gasteiger partial charge < -0.3 is 15.0 Å². The molecule has 0 atom stereocenters. The maximum atomic E-state index is 5.45. The predicted octanol–water partition coefficient (Wildman–Crippen LogP) is 2.96. The SMILES string of the molecule is c1ccc(CNc2nc(N3CCOCC3)nc3c2SCCC3)cc1. The van der Waals surface area contributed by atoms with Crippen molar-refractivity contribution < 1.29 is 4.74 Å². The van der Waals surface area contributed by atoms with Gasteiger partial charge in [0.2, 0.25) is 5.95 Å². The lowest BCUT2D eigenvalue weighted by Gasteiger charge is -2.28. The summed E-state index contributed by atoms with van der Waals surface area (Å²) in [4.78, 5) is 13.2. The van der Waals surface area contributed by atoms with E-state index in [1.165, 1.54) is 22.6 Å². The van der Waals surface area contributed by atoms with Crippen LogP contribution in [0.5, 0.6) is 0 Å². The van der Waals surface area contributed by atoms with Gasteiger partial charge in [-0.25, -0.2) is 4.98 Å². The van der Waals surface area contributed by atoms with E-state index in [1.807, 2.05) is 17.8 Å². The zero-order valence-electron chi connectivity index (χ0n) is 13.7. The van der Waals surface area contributed by atoms with Crippen molar-refractivity contribution in [3.05, 3.63) is 41.6 Å². The minimum Gasteiger partial charge on any atom is -0.378 e. The van der Waals surface area contributed by atoms with Crippen LogP contribution in [0.3, 0.4) is 0 Å². The molecular formula is C18H22N4OS. The van der Waals surface area contributed by atoms with Crippen LogP contribution in [-0.2, 0) is 17.7 Å². The number of benzene rings is 1. The monoisotopic (exact) mass is 342 g/mol. The molecule has 1 aromatic heterocycles. The predicted molar refractivity (Wildman–Crippen MR) is 97.9 cm³/mol. The third-order valence-corrected chi connectivity index (χ3v) is 5.54. The number of aromatic nitrogens is 2. The van der Waals surface area contributed by atoms with Crippen LogP contribution in [0.1, 0.15) is 17.7 Å². The van der Waals surface area contributed by atoms with Crippen LogP contribution < -0.4 is 10.2 Å². The molecule has 2 aliphatic heterocycles. The van der Waals surface area contributed by atoms with Crippen LogP contribution in [0.15, 0.2) is 35.2 Å². The molecule has 0 aliphatic carbocycles. The van der Waals surface area contributed by atoms with Gasteiger partial charge in [0.15, 0.2) is 0 Å².